The molecule has 0 radical (unpaired) electrons. The third-order valence-corrected chi connectivity index (χ3v) is 7.54. The SMILES string of the molecule is C=C(C)C(=O)NCC(=O)NCCCCCC(=O)NCC(=O)OC1C(=O)OCc2c1cc1n(c2=O)Cc2cc3ccccc3nc2-1. The van der Waals surface area contributed by atoms with Crippen LogP contribution < -0.4 is 21.5 Å². The molecule has 3 aromatic rings. The highest BCUT2D eigenvalue weighted by molar-refractivity contribution is 5.94. The van der Waals surface area contributed by atoms with E-state index in [-0.39, 0.29) is 54.0 Å². The molecule has 0 fully saturated rings. The van der Waals surface area contributed by atoms with Gasteiger partial charge in [-0.05, 0) is 38.0 Å². The molecule has 2 aliphatic heterocycles. The molecule has 3 amide bonds. The van der Waals surface area contributed by atoms with E-state index < -0.39 is 24.6 Å². The van der Waals surface area contributed by atoms with Gasteiger partial charge >= 0.3 is 11.9 Å². The number of hydrogen-bond acceptors (Lipinski definition) is 9. The van der Waals surface area contributed by atoms with Crippen molar-refractivity contribution >= 4 is 40.6 Å². The van der Waals surface area contributed by atoms with Gasteiger partial charge in [0.2, 0.25) is 23.8 Å². The number of hydrogen-bond donors (Lipinski definition) is 3. The first-order chi connectivity index (χ1) is 21.6. The lowest BCUT2D eigenvalue weighted by atomic mass is 10.00. The molecule has 0 saturated carbocycles. The van der Waals surface area contributed by atoms with E-state index in [1.807, 2.05) is 30.3 Å². The quantitative estimate of drug-likeness (QED) is 0.121. The molecule has 4 heterocycles. The lowest BCUT2D eigenvalue weighted by molar-refractivity contribution is -0.171. The van der Waals surface area contributed by atoms with Crippen LogP contribution in [-0.2, 0) is 46.6 Å². The van der Waals surface area contributed by atoms with Crippen LogP contribution in [-0.4, -0.2) is 58.8 Å². The number of esters is 2. The highest BCUT2D eigenvalue weighted by atomic mass is 16.6. The van der Waals surface area contributed by atoms with Gasteiger partial charge in [-0.25, -0.2) is 9.78 Å². The molecule has 1 aromatic carbocycles. The number of unbranched alkanes of at least 4 members (excludes halogenated alkanes) is 2. The number of ether oxygens (including phenoxy) is 2. The highest BCUT2D eigenvalue weighted by Crippen LogP contribution is 2.36. The van der Waals surface area contributed by atoms with Crippen molar-refractivity contribution in [3.05, 3.63) is 75.6 Å². The fourth-order valence-corrected chi connectivity index (χ4v) is 5.19. The molecule has 13 nitrogen and oxygen atoms in total. The molecule has 13 heteroatoms. The van der Waals surface area contributed by atoms with E-state index in [1.54, 1.807) is 17.6 Å². The Hall–Kier alpha value is -5.33. The van der Waals surface area contributed by atoms with Crippen molar-refractivity contribution < 1.29 is 33.4 Å². The van der Waals surface area contributed by atoms with Crippen LogP contribution in [0.25, 0.3) is 22.3 Å². The molecule has 0 spiro atoms. The zero-order valence-corrected chi connectivity index (χ0v) is 24.8. The molecule has 0 aliphatic carbocycles. The summed E-state index contributed by atoms with van der Waals surface area (Å²) in [5.41, 5.74) is 3.22. The maximum atomic E-state index is 13.4. The van der Waals surface area contributed by atoms with Crippen LogP contribution >= 0.6 is 0 Å². The number of carbonyl (C=O) groups is 5. The second-order valence-electron chi connectivity index (χ2n) is 10.9. The average Bonchev–Trinajstić information content (AvgIpc) is 3.38. The summed E-state index contributed by atoms with van der Waals surface area (Å²) in [6.07, 6.45) is 0.484. The van der Waals surface area contributed by atoms with E-state index in [2.05, 4.69) is 22.5 Å². The van der Waals surface area contributed by atoms with Crippen molar-refractivity contribution in [2.45, 2.75) is 51.9 Å². The fraction of sp³-hybridized carbons (Fsp3) is 0.344. The van der Waals surface area contributed by atoms with Gasteiger partial charge in [-0.15, -0.1) is 0 Å². The smallest absolute Gasteiger partial charge is 0.352 e. The zero-order valence-electron chi connectivity index (χ0n) is 24.8. The van der Waals surface area contributed by atoms with Crippen LogP contribution in [0.2, 0.25) is 0 Å². The van der Waals surface area contributed by atoms with Gasteiger partial charge < -0.3 is 30.0 Å². The number of para-hydroxylation sites is 1. The van der Waals surface area contributed by atoms with E-state index in [9.17, 15) is 28.8 Å². The Bertz CT molecular complexity index is 1780. The number of carbonyl (C=O) groups excluding carboxylic acids is 5. The maximum absolute atomic E-state index is 13.4. The molecule has 0 bridgehead atoms. The van der Waals surface area contributed by atoms with Gasteiger partial charge in [-0.1, -0.05) is 31.2 Å². The summed E-state index contributed by atoms with van der Waals surface area (Å²) in [6.45, 7) is 4.91. The number of nitrogens with zero attached hydrogens (tertiary/aromatic N) is 2. The van der Waals surface area contributed by atoms with E-state index in [0.717, 1.165) is 16.5 Å². The number of benzene rings is 1. The van der Waals surface area contributed by atoms with Gasteiger partial charge in [0.05, 0.1) is 35.6 Å². The van der Waals surface area contributed by atoms with Crippen molar-refractivity contribution in [1.29, 1.82) is 0 Å². The Balaban J connectivity index is 1.11. The summed E-state index contributed by atoms with van der Waals surface area (Å²) in [7, 11) is 0. The van der Waals surface area contributed by atoms with E-state index in [0.29, 0.717) is 49.3 Å². The van der Waals surface area contributed by atoms with Crippen LogP contribution in [0, 0.1) is 0 Å². The minimum Gasteiger partial charge on any atom is -0.458 e. The molecule has 234 valence electrons. The molecule has 1 unspecified atom stereocenters. The van der Waals surface area contributed by atoms with Crippen molar-refractivity contribution in [2.75, 3.05) is 19.6 Å². The lowest BCUT2D eigenvalue weighted by Crippen LogP contribution is -2.37. The minimum atomic E-state index is -1.45. The standard InChI is InChI=1S/C32H33N5O8/c1-18(2)30(41)35-14-26(39)33-11-7-3-4-10-25(38)34-15-27(40)45-29-21-13-24-28-20(12-19-8-5-6-9-23(19)36-28)16-37(24)31(42)22(21)17-44-32(29)43/h5-6,8-9,12-13,29H,1,3-4,7,10-11,14-17H2,2H3,(H,33,39)(H,34,38)(H,35,41). The summed E-state index contributed by atoms with van der Waals surface area (Å²) >= 11 is 0. The molecule has 45 heavy (non-hydrogen) atoms. The summed E-state index contributed by atoms with van der Waals surface area (Å²) in [5.74, 6) is -2.75. The van der Waals surface area contributed by atoms with Crippen LogP contribution in [0.5, 0.6) is 0 Å². The number of aromatic nitrogens is 2. The predicted molar refractivity (Wildman–Crippen MR) is 161 cm³/mol. The molecule has 5 rings (SSSR count). The van der Waals surface area contributed by atoms with Crippen LogP contribution in [0.4, 0.5) is 0 Å². The molecule has 2 aromatic heterocycles. The molecular weight excluding hydrogens is 582 g/mol. The van der Waals surface area contributed by atoms with E-state index >= 15 is 0 Å². The van der Waals surface area contributed by atoms with E-state index in [1.165, 1.54) is 0 Å². The Morgan fingerprint density at radius 2 is 1.82 bits per heavy atom. The van der Waals surface area contributed by atoms with Crippen LogP contribution in [0.1, 0.15) is 55.4 Å². The second kappa shape index (κ2) is 13.5. The Labute approximate surface area is 258 Å². The minimum absolute atomic E-state index is 0.143. The highest BCUT2D eigenvalue weighted by Gasteiger charge is 2.37. The molecule has 0 saturated heterocycles. The van der Waals surface area contributed by atoms with Gasteiger partial charge in [0.1, 0.15) is 13.2 Å². The van der Waals surface area contributed by atoms with Crippen molar-refractivity contribution in [1.82, 2.24) is 25.5 Å². The topological polar surface area (TPSA) is 175 Å². The average molecular weight is 616 g/mol. The first kappa shape index (κ1) is 31.1. The van der Waals surface area contributed by atoms with Gasteiger partial charge in [0, 0.05) is 35.1 Å². The van der Waals surface area contributed by atoms with Gasteiger partial charge in [0.25, 0.3) is 5.56 Å². The summed E-state index contributed by atoms with van der Waals surface area (Å²) in [5, 5.41) is 8.54. The Morgan fingerprint density at radius 3 is 2.62 bits per heavy atom. The first-order valence-corrected chi connectivity index (χ1v) is 14.6. The lowest BCUT2D eigenvalue weighted by Gasteiger charge is -2.25. The summed E-state index contributed by atoms with van der Waals surface area (Å²) in [6, 6.07) is 11.2. The Morgan fingerprint density at radius 1 is 1.02 bits per heavy atom. The maximum Gasteiger partial charge on any atom is 0.352 e. The van der Waals surface area contributed by atoms with Crippen molar-refractivity contribution in [2.24, 2.45) is 0 Å². The van der Waals surface area contributed by atoms with Gasteiger partial charge in [-0.3, -0.25) is 24.0 Å². The monoisotopic (exact) mass is 615 g/mol. The number of nitrogens with one attached hydrogen (secondary N) is 3. The van der Waals surface area contributed by atoms with E-state index in [4.69, 9.17) is 14.5 Å². The summed E-state index contributed by atoms with van der Waals surface area (Å²) < 4.78 is 12.2. The number of rotatable bonds is 12. The first-order valence-electron chi connectivity index (χ1n) is 14.6. The third kappa shape index (κ3) is 7.08. The molecule has 1 atom stereocenters. The van der Waals surface area contributed by atoms with Crippen molar-refractivity contribution in [3.63, 3.8) is 0 Å². The predicted octanol–water partition coefficient (Wildman–Crippen LogP) is 1.55. The molecule has 3 N–H and O–H groups in total. The number of pyridine rings is 2. The van der Waals surface area contributed by atoms with Gasteiger partial charge in [-0.2, -0.15) is 0 Å². The normalized spacial score (nSPS) is 14.4. The van der Waals surface area contributed by atoms with Crippen LogP contribution in [0.3, 0.4) is 0 Å². The fourth-order valence-electron chi connectivity index (χ4n) is 5.19. The molecular formula is C32H33N5O8. The number of fused-ring (bicyclic) bond motifs is 5. The van der Waals surface area contributed by atoms with Crippen LogP contribution in [0.15, 0.2) is 53.3 Å². The second-order valence-corrected chi connectivity index (χ2v) is 10.9. The zero-order chi connectivity index (χ0) is 32.1. The molecule has 2 aliphatic rings. The van der Waals surface area contributed by atoms with Gasteiger partial charge in [0.15, 0.2) is 0 Å². The number of cyclic esters (lactones) is 1. The number of amides is 3. The third-order valence-electron chi connectivity index (χ3n) is 7.54. The Kier molecular flexibility index (Phi) is 9.36. The summed E-state index contributed by atoms with van der Waals surface area (Å²) in [4.78, 5) is 78.8. The van der Waals surface area contributed by atoms with Crippen molar-refractivity contribution in [3.8, 4) is 11.4 Å². The largest absolute Gasteiger partial charge is 0.458 e.